The van der Waals surface area contributed by atoms with Gasteiger partial charge in [-0.1, -0.05) is 32.0 Å². The number of halogens is 3. The first-order valence-electron chi connectivity index (χ1n) is 10.2. The molecule has 33 heavy (non-hydrogen) atoms. The van der Waals surface area contributed by atoms with Crippen molar-refractivity contribution in [2.75, 3.05) is 0 Å². The summed E-state index contributed by atoms with van der Waals surface area (Å²) in [4.78, 5) is 25.5. The van der Waals surface area contributed by atoms with E-state index in [0.717, 1.165) is 17.7 Å². The lowest BCUT2D eigenvalue weighted by atomic mass is 9.75. The predicted molar refractivity (Wildman–Crippen MR) is 113 cm³/mol. The Labute approximate surface area is 189 Å². The van der Waals surface area contributed by atoms with Gasteiger partial charge in [-0.15, -0.1) is 13.2 Å². The third-order valence-corrected chi connectivity index (χ3v) is 5.21. The molecular formula is C22H23BF3NO6. The van der Waals surface area contributed by atoms with E-state index in [1.54, 1.807) is 32.9 Å². The van der Waals surface area contributed by atoms with Crippen LogP contribution in [0.25, 0.3) is 0 Å². The second-order valence-corrected chi connectivity index (χ2v) is 7.97. The molecule has 1 atom stereocenters. The van der Waals surface area contributed by atoms with Gasteiger partial charge in [-0.2, -0.15) is 0 Å². The van der Waals surface area contributed by atoms with E-state index in [9.17, 15) is 27.8 Å². The molecule has 0 fully saturated rings. The summed E-state index contributed by atoms with van der Waals surface area (Å²) in [6.45, 7) is 5.07. The molecule has 0 saturated carbocycles. The number of carbonyl (C=O) groups is 2. The van der Waals surface area contributed by atoms with Crippen molar-refractivity contribution in [3.8, 4) is 5.75 Å². The van der Waals surface area contributed by atoms with Crippen LogP contribution in [0.2, 0.25) is 0 Å². The van der Waals surface area contributed by atoms with Crippen molar-refractivity contribution in [2.45, 2.75) is 46.4 Å². The lowest BCUT2D eigenvalue weighted by Crippen LogP contribution is -2.46. The van der Waals surface area contributed by atoms with Crippen LogP contribution < -0.4 is 15.5 Å². The summed E-state index contributed by atoms with van der Waals surface area (Å²) >= 11 is 0. The van der Waals surface area contributed by atoms with Crippen LogP contribution in [-0.4, -0.2) is 36.4 Å². The maximum absolute atomic E-state index is 12.9. The van der Waals surface area contributed by atoms with Crippen molar-refractivity contribution in [2.24, 2.45) is 5.92 Å². The first kappa shape index (κ1) is 24.6. The zero-order chi connectivity index (χ0) is 24.3. The highest BCUT2D eigenvalue weighted by Crippen LogP contribution is 2.24. The van der Waals surface area contributed by atoms with Crippen LogP contribution in [0.1, 0.15) is 40.9 Å². The first-order valence-corrected chi connectivity index (χ1v) is 10.2. The van der Waals surface area contributed by atoms with E-state index >= 15 is 0 Å². The minimum Gasteiger partial charge on any atom is -0.459 e. The first-order chi connectivity index (χ1) is 15.5. The molecule has 0 aliphatic carbocycles. The molecule has 2 N–H and O–H groups in total. The number of hydrogen-bond donors (Lipinski definition) is 2. The van der Waals surface area contributed by atoms with E-state index in [1.807, 2.05) is 0 Å². The van der Waals surface area contributed by atoms with Crippen LogP contribution in [0.3, 0.4) is 0 Å². The van der Waals surface area contributed by atoms with Crippen LogP contribution in [0.4, 0.5) is 13.2 Å². The Hall–Kier alpha value is -3.05. The maximum Gasteiger partial charge on any atom is 0.573 e. The predicted octanol–water partition coefficient (Wildman–Crippen LogP) is 2.61. The number of amides is 1. The third-order valence-electron chi connectivity index (χ3n) is 5.21. The van der Waals surface area contributed by atoms with Gasteiger partial charge in [0.05, 0.1) is 6.61 Å². The fourth-order valence-corrected chi connectivity index (χ4v) is 3.55. The van der Waals surface area contributed by atoms with E-state index in [1.165, 1.54) is 12.1 Å². The Morgan fingerprint density at radius 1 is 1.24 bits per heavy atom. The summed E-state index contributed by atoms with van der Waals surface area (Å²) in [5.41, 5.74) is 2.45. The highest BCUT2D eigenvalue weighted by Gasteiger charge is 2.33. The summed E-state index contributed by atoms with van der Waals surface area (Å²) in [6.07, 6.45) is -4.83. The second-order valence-electron chi connectivity index (χ2n) is 7.97. The molecule has 3 rings (SSSR count). The number of benzene rings is 2. The molecule has 0 radical (unpaired) electrons. The molecule has 7 nitrogen and oxygen atoms in total. The Morgan fingerprint density at radius 3 is 2.64 bits per heavy atom. The zero-order valence-electron chi connectivity index (χ0n) is 18.2. The van der Waals surface area contributed by atoms with Crippen LogP contribution in [0, 0.1) is 12.8 Å². The number of hydrogen-bond acceptors (Lipinski definition) is 6. The third kappa shape index (κ3) is 6.05. The lowest BCUT2D eigenvalue weighted by Gasteiger charge is -2.22. The van der Waals surface area contributed by atoms with Gasteiger partial charge in [0.25, 0.3) is 5.91 Å². The topological polar surface area (TPSA) is 94.1 Å². The number of carbonyl (C=O) groups excluding carboxylic acids is 2. The van der Waals surface area contributed by atoms with Crippen LogP contribution >= 0.6 is 0 Å². The Morgan fingerprint density at radius 2 is 1.97 bits per heavy atom. The van der Waals surface area contributed by atoms with E-state index < -0.39 is 37.1 Å². The summed E-state index contributed by atoms with van der Waals surface area (Å²) < 4.78 is 51.5. The summed E-state index contributed by atoms with van der Waals surface area (Å²) in [7, 11) is -1.12. The van der Waals surface area contributed by atoms with Crippen LogP contribution in [0.5, 0.6) is 5.75 Å². The SMILES string of the molecule is Cc1c(C(=O)N[C@H](C(=O)OCc2cccc(OC(F)(F)F)c2)C(C)C)ccc2c1B(O)OC2. The van der Waals surface area contributed by atoms with Crippen molar-refractivity contribution in [1.29, 1.82) is 0 Å². The molecule has 2 aromatic rings. The minimum absolute atomic E-state index is 0.245. The Balaban J connectivity index is 1.67. The van der Waals surface area contributed by atoms with Crippen molar-refractivity contribution in [1.82, 2.24) is 5.32 Å². The normalized spacial score (nSPS) is 14.1. The van der Waals surface area contributed by atoms with E-state index in [-0.39, 0.29) is 24.7 Å². The fourth-order valence-electron chi connectivity index (χ4n) is 3.55. The number of esters is 1. The molecular weight excluding hydrogens is 442 g/mol. The van der Waals surface area contributed by atoms with Gasteiger partial charge in [0.15, 0.2) is 0 Å². The molecule has 11 heteroatoms. The van der Waals surface area contributed by atoms with Crippen molar-refractivity contribution in [3.63, 3.8) is 0 Å². The molecule has 1 aliphatic heterocycles. The highest BCUT2D eigenvalue weighted by molar-refractivity contribution is 6.62. The molecule has 0 aromatic heterocycles. The van der Waals surface area contributed by atoms with Gasteiger partial charge in [0, 0.05) is 5.56 Å². The van der Waals surface area contributed by atoms with Gasteiger partial charge in [-0.25, -0.2) is 4.79 Å². The summed E-state index contributed by atoms with van der Waals surface area (Å²) in [6, 6.07) is 7.37. The average molecular weight is 465 g/mol. The van der Waals surface area contributed by atoms with Crippen LogP contribution in [0.15, 0.2) is 36.4 Å². The highest BCUT2D eigenvalue weighted by atomic mass is 19.4. The van der Waals surface area contributed by atoms with Gasteiger partial charge < -0.3 is 24.5 Å². The lowest BCUT2D eigenvalue weighted by molar-refractivity contribution is -0.274. The summed E-state index contributed by atoms with van der Waals surface area (Å²) in [5.74, 6) is -2.01. The van der Waals surface area contributed by atoms with Gasteiger partial charge >= 0.3 is 19.5 Å². The van der Waals surface area contributed by atoms with Gasteiger partial charge in [0.2, 0.25) is 0 Å². The van der Waals surface area contributed by atoms with Crippen molar-refractivity contribution < 1.29 is 41.9 Å². The molecule has 1 amide bonds. The smallest absolute Gasteiger partial charge is 0.459 e. The standard InChI is InChI=1S/C22H23BF3NO6/c1-12(2)19(21(29)31-10-14-5-4-6-16(9-14)33-22(24,25)26)27-20(28)17-8-7-15-11-32-23(30)18(15)13(17)3/h4-9,12,19,30H,10-11H2,1-3H3,(H,27,28)/t19-/m0/s1. The van der Waals surface area contributed by atoms with Crippen LogP contribution in [-0.2, 0) is 27.4 Å². The molecule has 0 spiro atoms. The minimum atomic E-state index is -4.83. The van der Waals surface area contributed by atoms with E-state index in [0.29, 0.717) is 16.6 Å². The van der Waals surface area contributed by atoms with E-state index in [4.69, 9.17) is 9.39 Å². The monoisotopic (exact) mass is 465 g/mol. The molecule has 0 saturated heterocycles. The van der Waals surface area contributed by atoms with Gasteiger partial charge in [-0.05, 0) is 53.2 Å². The quantitative estimate of drug-likeness (QED) is 0.483. The molecule has 1 heterocycles. The zero-order valence-corrected chi connectivity index (χ0v) is 18.2. The van der Waals surface area contributed by atoms with Gasteiger partial charge in [-0.3, -0.25) is 4.79 Å². The molecule has 176 valence electrons. The van der Waals surface area contributed by atoms with Crippen molar-refractivity contribution in [3.05, 3.63) is 58.7 Å². The fraction of sp³-hybridized carbons (Fsp3) is 0.364. The number of fused-ring (bicyclic) bond motifs is 1. The number of ether oxygens (including phenoxy) is 2. The van der Waals surface area contributed by atoms with E-state index in [2.05, 4.69) is 10.1 Å². The summed E-state index contributed by atoms with van der Waals surface area (Å²) in [5, 5.41) is 12.6. The average Bonchev–Trinajstić information content (AvgIpc) is 3.10. The molecule has 2 aromatic carbocycles. The molecule has 0 bridgehead atoms. The maximum atomic E-state index is 12.9. The Kier molecular flexibility index (Phi) is 7.33. The Bertz CT molecular complexity index is 1040. The van der Waals surface area contributed by atoms with Crippen molar-refractivity contribution >= 4 is 24.5 Å². The number of nitrogens with one attached hydrogen (secondary N) is 1. The number of rotatable bonds is 7. The molecule has 0 unspecified atom stereocenters. The molecule has 1 aliphatic rings. The number of alkyl halides is 3. The van der Waals surface area contributed by atoms with Gasteiger partial charge in [0.1, 0.15) is 18.4 Å². The second kappa shape index (κ2) is 9.84. The largest absolute Gasteiger partial charge is 0.573 e.